The molecule has 4 rings (SSSR count). The number of hydrogen-bond acceptors (Lipinski definition) is 4. The predicted molar refractivity (Wildman–Crippen MR) is 94.8 cm³/mol. The minimum absolute atomic E-state index is 0.151. The number of rotatable bonds is 6. The van der Waals surface area contributed by atoms with Crippen molar-refractivity contribution >= 4 is 5.91 Å². The van der Waals surface area contributed by atoms with Gasteiger partial charge < -0.3 is 9.47 Å². The van der Waals surface area contributed by atoms with E-state index in [1.54, 1.807) is 12.4 Å². The first kappa shape index (κ1) is 16.2. The first-order valence-electron chi connectivity index (χ1n) is 9.40. The Morgan fingerprint density at radius 2 is 2.04 bits per heavy atom. The smallest absolute Gasteiger partial charge is 0.233 e. The van der Waals surface area contributed by atoms with Crippen LogP contribution >= 0.6 is 0 Å². The lowest BCUT2D eigenvalue weighted by Gasteiger charge is -2.29. The van der Waals surface area contributed by atoms with E-state index in [9.17, 15) is 4.79 Å². The molecule has 3 heterocycles. The highest BCUT2D eigenvalue weighted by atomic mass is 16.2. The van der Waals surface area contributed by atoms with Crippen LogP contribution in [0.5, 0.6) is 0 Å². The molecule has 1 fully saturated rings. The largest absolute Gasteiger partial charge is 0.342 e. The second kappa shape index (κ2) is 6.94. The Hall–Kier alpha value is -2.24. The summed E-state index contributed by atoms with van der Waals surface area (Å²) in [6.07, 6.45) is 8.92. The van der Waals surface area contributed by atoms with Crippen LogP contribution in [0.25, 0.3) is 11.4 Å². The normalized spacial score (nSPS) is 19.5. The first-order chi connectivity index (χ1) is 12.3. The Balaban J connectivity index is 1.61. The van der Waals surface area contributed by atoms with Crippen molar-refractivity contribution in [3.05, 3.63) is 30.4 Å². The summed E-state index contributed by atoms with van der Waals surface area (Å²) in [6, 6.07) is 3.89. The highest BCUT2D eigenvalue weighted by Crippen LogP contribution is 2.34. The van der Waals surface area contributed by atoms with Crippen molar-refractivity contribution in [2.75, 3.05) is 13.1 Å². The molecule has 1 saturated carbocycles. The summed E-state index contributed by atoms with van der Waals surface area (Å²) >= 11 is 0. The lowest BCUT2D eigenvalue weighted by atomic mass is 9.96. The molecule has 1 aliphatic heterocycles. The van der Waals surface area contributed by atoms with Gasteiger partial charge in [-0.05, 0) is 50.2 Å². The van der Waals surface area contributed by atoms with Crippen molar-refractivity contribution in [3.63, 3.8) is 0 Å². The molecule has 0 saturated heterocycles. The van der Waals surface area contributed by atoms with Crippen LogP contribution in [0.15, 0.2) is 24.5 Å². The molecule has 1 aliphatic carbocycles. The number of fused-ring (bicyclic) bond motifs is 1. The molecule has 0 aromatic carbocycles. The van der Waals surface area contributed by atoms with Gasteiger partial charge in [-0.1, -0.05) is 6.92 Å². The van der Waals surface area contributed by atoms with Gasteiger partial charge in [-0.15, -0.1) is 10.2 Å². The van der Waals surface area contributed by atoms with Crippen LogP contribution in [0, 0.1) is 5.92 Å². The molecule has 0 radical (unpaired) electrons. The molecule has 2 aliphatic rings. The average Bonchev–Trinajstić information content (AvgIpc) is 3.36. The van der Waals surface area contributed by atoms with Crippen molar-refractivity contribution < 1.29 is 4.79 Å². The van der Waals surface area contributed by atoms with Gasteiger partial charge in [0.25, 0.3) is 0 Å². The maximum atomic E-state index is 13.2. The minimum atomic E-state index is -0.151. The number of pyridine rings is 1. The fourth-order valence-electron chi connectivity index (χ4n) is 3.72. The second-order valence-electron chi connectivity index (χ2n) is 7.19. The monoisotopic (exact) mass is 339 g/mol. The van der Waals surface area contributed by atoms with E-state index in [0.717, 1.165) is 56.1 Å². The Morgan fingerprint density at radius 3 is 2.76 bits per heavy atom. The molecule has 0 bridgehead atoms. The van der Waals surface area contributed by atoms with Crippen LogP contribution < -0.4 is 0 Å². The molecule has 0 spiro atoms. The molecule has 1 unspecified atom stereocenters. The highest BCUT2D eigenvalue weighted by molar-refractivity contribution is 5.83. The Morgan fingerprint density at radius 1 is 1.24 bits per heavy atom. The summed E-state index contributed by atoms with van der Waals surface area (Å²) < 4.78 is 2.13. The molecule has 1 atom stereocenters. The summed E-state index contributed by atoms with van der Waals surface area (Å²) in [6.45, 7) is 4.77. The van der Waals surface area contributed by atoms with Crippen molar-refractivity contribution in [1.29, 1.82) is 0 Å². The fourth-order valence-corrected chi connectivity index (χ4v) is 3.72. The zero-order chi connectivity index (χ0) is 17.2. The topological polar surface area (TPSA) is 63.9 Å². The summed E-state index contributed by atoms with van der Waals surface area (Å²) in [7, 11) is 0. The quantitative estimate of drug-likeness (QED) is 0.812. The number of carbonyl (C=O) groups is 1. The summed E-state index contributed by atoms with van der Waals surface area (Å²) in [4.78, 5) is 19.3. The van der Waals surface area contributed by atoms with E-state index in [0.29, 0.717) is 5.92 Å². The number of hydrogen-bond donors (Lipinski definition) is 0. The standard InChI is InChI=1S/C19H25N5O/c1-2-11-23(13-14-5-6-14)19(25)16-4-3-12-24-17(21-22-18(16)24)15-7-9-20-10-8-15/h7-10,14,16H,2-6,11-13H2,1H3. The first-order valence-corrected chi connectivity index (χ1v) is 9.40. The SMILES string of the molecule is CCCN(CC1CC1)C(=O)C1CCCn2c(-c3ccncc3)nnc21. The molecule has 6 heteroatoms. The predicted octanol–water partition coefficient (Wildman–Crippen LogP) is 2.87. The number of amides is 1. The van der Waals surface area contributed by atoms with E-state index in [2.05, 4.69) is 31.6 Å². The van der Waals surface area contributed by atoms with Crippen molar-refractivity contribution in [2.24, 2.45) is 5.92 Å². The van der Waals surface area contributed by atoms with E-state index in [1.165, 1.54) is 12.8 Å². The lowest BCUT2D eigenvalue weighted by Crippen LogP contribution is -2.39. The van der Waals surface area contributed by atoms with Crippen LogP contribution in [-0.2, 0) is 11.3 Å². The van der Waals surface area contributed by atoms with Crippen molar-refractivity contribution in [3.8, 4) is 11.4 Å². The van der Waals surface area contributed by atoms with Gasteiger partial charge in [-0.25, -0.2) is 0 Å². The molecule has 1 amide bonds. The second-order valence-corrected chi connectivity index (χ2v) is 7.19. The molecule has 0 N–H and O–H groups in total. The fraction of sp³-hybridized carbons (Fsp3) is 0.579. The molecular weight excluding hydrogens is 314 g/mol. The van der Waals surface area contributed by atoms with E-state index < -0.39 is 0 Å². The maximum Gasteiger partial charge on any atom is 0.233 e. The Kier molecular flexibility index (Phi) is 4.51. The van der Waals surface area contributed by atoms with E-state index in [-0.39, 0.29) is 11.8 Å². The number of nitrogens with zero attached hydrogens (tertiary/aromatic N) is 5. The third-order valence-electron chi connectivity index (χ3n) is 5.18. The molecule has 6 nitrogen and oxygen atoms in total. The van der Waals surface area contributed by atoms with Gasteiger partial charge in [-0.2, -0.15) is 0 Å². The van der Waals surface area contributed by atoms with Crippen molar-refractivity contribution in [1.82, 2.24) is 24.6 Å². The molecule has 2 aromatic heterocycles. The summed E-state index contributed by atoms with van der Waals surface area (Å²) in [5.74, 6) is 2.48. The summed E-state index contributed by atoms with van der Waals surface area (Å²) in [5, 5.41) is 8.81. The zero-order valence-corrected chi connectivity index (χ0v) is 14.8. The van der Waals surface area contributed by atoms with Crippen LogP contribution in [0.3, 0.4) is 0 Å². The van der Waals surface area contributed by atoms with Crippen LogP contribution in [0.4, 0.5) is 0 Å². The van der Waals surface area contributed by atoms with E-state index in [4.69, 9.17) is 0 Å². The molecule has 2 aromatic rings. The number of carbonyl (C=O) groups excluding carboxylic acids is 1. The molecular formula is C19H25N5O. The lowest BCUT2D eigenvalue weighted by molar-refractivity contribution is -0.133. The van der Waals surface area contributed by atoms with E-state index >= 15 is 0 Å². The van der Waals surface area contributed by atoms with Crippen LogP contribution in [-0.4, -0.2) is 43.6 Å². The highest BCUT2D eigenvalue weighted by Gasteiger charge is 2.35. The molecule has 132 valence electrons. The van der Waals surface area contributed by atoms with E-state index in [1.807, 2.05) is 12.1 Å². The third kappa shape index (κ3) is 3.30. The van der Waals surface area contributed by atoms with Gasteiger partial charge in [0, 0.05) is 37.6 Å². The van der Waals surface area contributed by atoms with Gasteiger partial charge in [0.05, 0.1) is 5.92 Å². The number of aromatic nitrogens is 4. The van der Waals surface area contributed by atoms with Gasteiger partial charge in [0.1, 0.15) is 5.82 Å². The van der Waals surface area contributed by atoms with Crippen LogP contribution in [0.1, 0.15) is 50.8 Å². The Bertz CT molecular complexity index is 738. The molecule has 25 heavy (non-hydrogen) atoms. The third-order valence-corrected chi connectivity index (χ3v) is 5.18. The van der Waals surface area contributed by atoms with Gasteiger partial charge >= 0.3 is 0 Å². The minimum Gasteiger partial charge on any atom is -0.342 e. The van der Waals surface area contributed by atoms with Gasteiger partial charge in [0.15, 0.2) is 5.82 Å². The zero-order valence-electron chi connectivity index (χ0n) is 14.8. The van der Waals surface area contributed by atoms with Crippen LogP contribution in [0.2, 0.25) is 0 Å². The van der Waals surface area contributed by atoms with Crippen molar-refractivity contribution in [2.45, 2.75) is 51.5 Å². The maximum absolute atomic E-state index is 13.2. The Labute approximate surface area is 148 Å². The average molecular weight is 339 g/mol. The summed E-state index contributed by atoms with van der Waals surface area (Å²) in [5.41, 5.74) is 1.00. The van der Waals surface area contributed by atoms with Gasteiger partial charge in [0.2, 0.25) is 5.91 Å². The van der Waals surface area contributed by atoms with Gasteiger partial charge in [-0.3, -0.25) is 9.78 Å².